The standard InChI is InChI=1S/C23H25ClN2O2/c1-3-27-22-11-20(15-26-14-19-5-4-10-25-13-19)21(24)12-23(22)28-16-18-8-6-17(2)7-9-18/h4-13,26H,3,14-16H2,1-2H3. The number of hydrogen-bond donors (Lipinski definition) is 1. The Balaban J connectivity index is 1.67. The molecule has 0 amide bonds. The van der Waals surface area contributed by atoms with Crippen LogP contribution >= 0.6 is 11.6 Å². The average Bonchev–Trinajstić information content (AvgIpc) is 2.71. The number of rotatable bonds is 9. The second kappa shape index (κ2) is 10.1. The first kappa shape index (κ1) is 20.2. The van der Waals surface area contributed by atoms with Crippen LogP contribution < -0.4 is 14.8 Å². The van der Waals surface area contributed by atoms with E-state index in [1.165, 1.54) is 5.56 Å². The lowest BCUT2D eigenvalue weighted by atomic mass is 10.1. The second-order valence-electron chi connectivity index (χ2n) is 6.56. The molecule has 1 aromatic heterocycles. The third kappa shape index (κ3) is 5.72. The van der Waals surface area contributed by atoms with Gasteiger partial charge in [-0.25, -0.2) is 0 Å². The van der Waals surface area contributed by atoms with E-state index in [9.17, 15) is 0 Å². The molecule has 0 aliphatic carbocycles. The SMILES string of the molecule is CCOc1cc(CNCc2cccnc2)c(Cl)cc1OCc1ccc(C)cc1. The number of nitrogens with one attached hydrogen (secondary N) is 1. The number of hydrogen-bond acceptors (Lipinski definition) is 4. The van der Waals surface area contributed by atoms with Gasteiger partial charge in [0.15, 0.2) is 11.5 Å². The fourth-order valence-electron chi connectivity index (χ4n) is 2.78. The van der Waals surface area contributed by atoms with Crippen molar-refractivity contribution in [2.75, 3.05) is 6.61 Å². The van der Waals surface area contributed by atoms with Crippen molar-refractivity contribution < 1.29 is 9.47 Å². The third-order valence-electron chi connectivity index (χ3n) is 4.29. The van der Waals surface area contributed by atoms with Crippen molar-refractivity contribution in [2.45, 2.75) is 33.5 Å². The Kier molecular flexibility index (Phi) is 7.29. The van der Waals surface area contributed by atoms with Crippen LogP contribution in [-0.2, 0) is 19.7 Å². The molecule has 0 fully saturated rings. The fraction of sp³-hybridized carbons (Fsp3) is 0.261. The molecule has 4 nitrogen and oxygen atoms in total. The Morgan fingerprint density at radius 3 is 2.46 bits per heavy atom. The van der Waals surface area contributed by atoms with Crippen LogP contribution in [0.2, 0.25) is 5.02 Å². The van der Waals surface area contributed by atoms with Crippen LogP contribution in [0, 0.1) is 6.92 Å². The molecule has 0 radical (unpaired) electrons. The zero-order valence-corrected chi connectivity index (χ0v) is 17.0. The van der Waals surface area contributed by atoms with Crippen LogP contribution in [0.4, 0.5) is 0 Å². The topological polar surface area (TPSA) is 43.4 Å². The molecule has 3 aromatic rings. The summed E-state index contributed by atoms with van der Waals surface area (Å²) in [5, 5.41) is 4.04. The molecule has 1 heterocycles. The van der Waals surface area contributed by atoms with E-state index in [0.29, 0.717) is 36.3 Å². The highest BCUT2D eigenvalue weighted by molar-refractivity contribution is 6.31. The first-order chi connectivity index (χ1) is 13.7. The highest BCUT2D eigenvalue weighted by Gasteiger charge is 2.11. The largest absolute Gasteiger partial charge is 0.490 e. The molecule has 2 aromatic carbocycles. The number of nitrogens with zero attached hydrogens (tertiary/aromatic N) is 1. The molecule has 3 rings (SSSR count). The van der Waals surface area contributed by atoms with Crippen molar-refractivity contribution in [2.24, 2.45) is 0 Å². The molecule has 0 bridgehead atoms. The minimum absolute atomic E-state index is 0.468. The maximum absolute atomic E-state index is 6.50. The molecule has 1 N–H and O–H groups in total. The molecule has 5 heteroatoms. The predicted octanol–water partition coefficient (Wildman–Crippen LogP) is 5.31. The summed E-state index contributed by atoms with van der Waals surface area (Å²) in [6.07, 6.45) is 3.62. The molecule has 0 unspecified atom stereocenters. The van der Waals surface area contributed by atoms with Gasteiger partial charge in [0.1, 0.15) is 6.61 Å². The summed E-state index contributed by atoms with van der Waals surface area (Å²) >= 11 is 6.50. The van der Waals surface area contributed by atoms with Gasteiger partial charge in [-0.3, -0.25) is 4.98 Å². The number of aryl methyl sites for hydroxylation is 1. The highest BCUT2D eigenvalue weighted by Crippen LogP contribution is 2.34. The molecule has 146 valence electrons. The molecule has 0 aliphatic rings. The predicted molar refractivity (Wildman–Crippen MR) is 113 cm³/mol. The van der Waals surface area contributed by atoms with Gasteiger partial charge in [0.25, 0.3) is 0 Å². The van der Waals surface area contributed by atoms with Crippen LogP contribution in [0.25, 0.3) is 0 Å². The van der Waals surface area contributed by atoms with Gasteiger partial charge in [-0.05, 0) is 42.7 Å². The average molecular weight is 397 g/mol. The summed E-state index contributed by atoms with van der Waals surface area (Å²) in [6, 6.07) is 16.0. The fourth-order valence-corrected chi connectivity index (χ4v) is 3.00. The van der Waals surface area contributed by atoms with E-state index in [1.807, 2.05) is 37.4 Å². The van der Waals surface area contributed by atoms with Gasteiger partial charge in [-0.15, -0.1) is 0 Å². The highest BCUT2D eigenvalue weighted by atomic mass is 35.5. The number of pyridine rings is 1. The van der Waals surface area contributed by atoms with Crippen LogP contribution in [0.1, 0.15) is 29.2 Å². The summed E-state index contributed by atoms with van der Waals surface area (Å²) < 4.78 is 11.8. The lowest BCUT2D eigenvalue weighted by Gasteiger charge is -2.15. The number of benzene rings is 2. The minimum atomic E-state index is 0.468. The van der Waals surface area contributed by atoms with Gasteiger partial charge in [0.2, 0.25) is 0 Å². The molecule has 0 saturated heterocycles. The Hall–Kier alpha value is -2.56. The molecule has 0 atom stereocenters. The molecular weight excluding hydrogens is 372 g/mol. The van der Waals surface area contributed by atoms with E-state index < -0.39 is 0 Å². The van der Waals surface area contributed by atoms with Gasteiger partial charge in [-0.1, -0.05) is 47.5 Å². The minimum Gasteiger partial charge on any atom is -0.490 e. The van der Waals surface area contributed by atoms with Gasteiger partial charge < -0.3 is 14.8 Å². The molecule has 28 heavy (non-hydrogen) atoms. The van der Waals surface area contributed by atoms with E-state index in [4.69, 9.17) is 21.1 Å². The van der Waals surface area contributed by atoms with Gasteiger partial charge >= 0.3 is 0 Å². The third-order valence-corrected chi connectivity index (χ3v) is 4.65. The Morgan fingerprint density at radius 2 is 1.75 bits per heavy atom. The summed E-state index contributed by atoms with van der Waals surface area (Å²) in [5.74, 6) is 1.36. The van der Waals surface area contributed by atoms with Crippen molar-refractivity contribution in [3.63, 3.8) is 0 Å². The van der Waals surface area contributed by atoms with Crippen molar-refractivity contribution in [3.05, 3.63) is 88.2 Å². The van der Waals surface area contributed by atoms with E-state index in [2.05, 4.69) is 41.5 Å². The van der Waals surface area contributed by atoms with Crippen molar-refractivity contribution >= 4 is 11.6 Å². The summed E-state index contributed by atoms with van der Waals surface area (Å²) in [6.45, 7) is 6.41. The van der Waals surface area contributed by atoms with Crippen molar-refractivity contribution in [1.29, 1.82) is 0 Å². The van der Waals surface area contributed by atoms with Crippen LogP contribution in [-0.4, -0.2) is 11.6 Å². The normalized spacial score (nSPS) is 10.7. The maximum Gasteiger partial charge on any atom is 0.163 e. The van der Waals surface area contributed by atoms with Gasteiger partial charge in [-0.2, -0.15) is 0 Å². The van der Waals surface area contributed by atoms with E-state index in [0.717, 1.165) is 23.2 Å². The quantitative estimate of drug-likeness (QED) is 0.532. The van der Waals surface area contributed by atoms with E-state index in [1.54, 1.807) is 6.20 Å². The monoisotopic (exact) mass is 396 g/mol. The van der Waals surface area contributed by atoms with Gasteiger partial charge in [0, 0.05) is 36.6 Å². The number of ether oxygens (including phenoxy) is 2. The number of halogens is 1. The lowest BCUT2D eigenvalue weighted by molar-refractivity contribution is 0.269. The van der Waals surface area contributed by atoms with Crippen LogP contribution in [0.15, 0.2) is 60.9 Å². The summed E-state index contributed by atoms with van der Waals surface area (Å²) in [7, 11) is 0. The molecular formula is C23H25ClN2O2. The second-order valence-corrected chi connectivity index (χ2v) is 6.97. The molecule has 0 spiro atoms. The lowest BCUT2D eigenvalue weighted by Crippen LogP contribution is -2.13. The van der Waals surface area contributed by atoms with E-state index >= 15 is 0 Å². The Labute approximate surface area is 171 Å². The first-order valence-electron chi connectivity index (χ1n) is 9.39. The summed E-state index contributed by atoms with van der Waals surface area (Å²) in [5.41, 5.74) is 4.43. The number of aromatic nitrogens is 1. The smallest absolute Gasteiger partial charge is 0.163 e. The Morgan fingerprint density at radius 1 is 0.964 bits per heavy atom. The van der Waals surface area contributed by atoms with Crippen molar-refractivity contribution in [1.82, 2.24) is 10.3 Å². The maximum atomic E-state index is 6.50. The Bertz CT molecular complexity index is 883. The van der Waals surface area contributed by atoms with Gasteiger partial charge in [0.05, 0.1) is 6.61 Å². The zero-order valence-electron chi connectivity index (χ0n) is 16.2. The van der Waals surface area contributed by atoms with Crippen LogP contribution in [0.5, 0.6) is 11.5 Å². The molecule has 0 aliphatic heterocycles. The zero-order chi connectivity index (χ0) is 19.8. The summed E-state index contributed by atoms with van der Waals surface area (Å²) in [4.78, 5) is 4.13. The van der Waals surface area contributed by atoms with E-state index in [-0.39, 0.29) is 0 Å². The molecule has 0 saturated carbocycles. The van der Waals surface area contributed by atoms with Crippen molar-refractivity contribution in [3.8, 4) is 11.5 Å². The first-order valence-corrected chi connectivity index (χ1v) is 9.76. The van der Waals surface area contributed by atoms with Crippen LogP contribution in [0.3, 0.4) is 0 Å².